The summed E-state index contributed by atoms with van der Waals surface area (Å²) in [6.45, 7) is 5.24. The number of aliphatic hydroxyl groups excluding tert-OH is 1. The van der Waals surface area contributed by atoms with Gasteiger partial charge < -0.3 is 24.8 Å². The first-order chi connectivity index (χ1) is 21.1. The molecule has 3 aromatic carbocycles. The van der Waals surface area contributed by atoms with Gasteiger partial charge in [0.05, 0.1) is 36.0 Å². The Balaban J connectivity index is 1.23. The van der Waals surface area contributed by atoms with E-state index in [1.807, 2.05) is 72.8 Å². The average molecular weight is 581 g/mol. The van der Waals surface area contributed by atoms with Gasteiger partial charge in [0, 0.05) is 23.7 Å². The normalized spacial score (nSPS) is 23.4. The van der Waals surface area contributed by atoms with Gasteiger partial charge in [0.15, 0.2) is 6.29 Å². The van der Waals surface area contributed by atoms with Crippen molar-refractivity contribution < 1.29 is 19.4 Å². The maximum absolute atomic E-state index is 13.1. The summed E-state index contributed by atoms with van der Waals surface area (Å²) in [6.07, 6.45) is 7.01. The predicted molar refractivity (Wildman–Crippen MR) is 166 cm³/mol. The third-order valence-corrected chi connectivity index (χ3v) is 8.61. The molecule has 4 aromatic rings. The van der Waals surface area contributed by atoms with Crippen molar-refractivity contribution in [1.82, 2.24) is 14.9 Å². The highest BCUT2D eigenvalue weighted by molar-refractivity contribution is 6.03. The number of nitrogens with zero attached hydrogens (tertiary/aromatic N) is 3. The van der Waals surface area contributed by atoms with Crippen LogP contribution in [0.5, 0.6) is 0 Å². The molecule has 2 aliphatic heterocycles. The van der Waals surface area contributed by atoms with Gasteiger partial charge in [0.2, 0.25) is 0 Å². The lowest BCUT2D eigenvalue weighted by Gasteiger charge is -2.43. The van der Waals surface area contributed by atoms with E-state index in [9.17, 15) is 9.90 Å². The van der Waals surface area contributed by atoms with E-state index in [-0.39, 0.29) is 36.3 Å². The Kier molecular flexibility index (Phi) is 9.39. The first kappa shape index (κ1) is 29.4. The van der Waals surface area contributed by atoms with Crippen LogP contribution in [0.4, 0.5) is 5.69 Å². The molecule has 2 aliphatic rings. The molecule has 0 aliphatic carbocycles. The molecular formula is C35H40N4O4. The summed E-state index contributed by atoms with van der Waals surface area (Å²) in [7, 11) is 0. The van der Waals surface area contributed by atoms with Gasteiger partial charge in [0.1, 0.15) is 5.69 Å². The number of benzene rings is 3. The van der Waals surface area contributed by atoms with Crippen LogP contribution in [0, 0.1) is 5.92 Å². The number of carbonyl (C=O) groups excluding carboxylic acids is 1. The molecule has 1 amide bonds. The Labute approximate surface area is 253 Å². The number of ether oxygens (including phenoxy) is 2. The standard InChI is InChI=1S/C35H40N4O4/c1-24-32(22-39-18-7-3-2-4-8-19-39)42-35(43-33(24)26-16-14-25(23-40)15-17-26)27-10-9-11-28(20-27)37-34(41)31-21-36-29-12-5-6-13-30(29)38-31/h5-6,9-17,20-21,24,32-33,35,40H,2-4,7-8,18-19,22-23H2,1H3,(H,37,41)/t24-,32+,33+,35+/m0/s1. The Morgan fingerprint density at radius 3 is 2.42 bits per heavy atom. The van der Waals surface area contributed by atoms with Crippen molar-refractivity contribution in [2.24, 2.45) is 5.92 Å². The van der Waals surface area contributed by atoms with E-state index in [4.69, 9.17) is 9.47 Å². The van der Waals surface area contributed by atoms with Crippen molar-refractivity contribution in [1.29, 1.82) is 0 Å². The van der Waals surface area contributed by atoms with Crippen molar-refractivity contribution in [3.63, 3.8) is 0 Å². The molecular weight excluding hydrogens is 540 g/mol. The maximum atomic E-state index is 13.1. The van der Waals surface area contributed by atoms with Crippen LogP contribution in [0.25, 0.3) is 11.0 Å². The third kappa shape index (κ3) is 7.11. The fraction of sp³-hybridized carbons (Fsp3) is 0.400. The fourth-order valence-corrected chi connectivity index (χ4v) is 6.10. The number of hydrogen-bond acceptors (Lipinski definition) is 7. The predicted octanol–water partition coefficient (Wildman–Crippen LogP) is 6.43. The summed E-state index contributed by atoms with van der Waals surface area (Å²) in [5.74, 6) is -0.206. The topological polar surface area (TPSA) is 96.8 Å². The summed E-state index contributed by atoms with van der Waals surface area (Å²) in [4.78, 5) is 24.5. The summed E-state index contributed by atoms with van der Waals surface area (Å²) in [5.41, 5.74) is 5.07. The minimum absolute atomic E-state index is 0.00792. The number of aromatic nitrogens is 2. The Hall–Kier alpha value is -3.69. The molecule has 0 bridgehead atoms. The quantitative estimate of drug-likeness (QED) is 0.260. The van der Waals surface area contributed by atoms with Crippen LogP contribution in [0.2, 0.25) is 0 Å². The lowest BCUT2D eigenvalue weighted by molar-refractivity contribution is -0.276. The van der Waals surface area contributed by atoms with Gasteiger partial charge in [-0.1, -0.05) is 74.7 Å². The molecule has 0 unspecified atom stereocenters. The maximum Gasteiger partial charge on any atom is 0.275 e. The molecule has 3 heterocycles. The number of aliphatic hydroxyl groups is 1. The van der Waals surface area contributed by atoms with Crippen molar-refractivity contribution in [2.45, 2.75) is 64.1 Å². The van der Waals surface area contributed by atoms with Crippen LogP contribution in [-0.4, -0.2) is 51.6 Å². The van der Waals surface area contributed by atoms with Crippen LogP contribution in [0.1, 0.15) is 78.6 Å². The number of nitrogens with one attached hydrogen (secondary N) is 1. The zero-order valence-electron chi connectivity index (χ0n) is 24.7. The van der Waals surface area contributed by atoms with Crippen LogP contribution in [-0.2, 0) is 16.1 Å². The highest BCUT2D eigenvalue weighted by atomic mass is 16.7. The number of fused-ring (bicyclic) bond motifs is 1. The number of likely N-dealkylation sites (tertiary alicyclic amines) is 1. The van der Waals surface area contributed by atoms with Crippen molar-refractivity contribution >= 4 is 22.6 Å². The van der Waals surface area contributed by atoms with Gasteiger partial charge >= 0.3 is 0 Å². The molecule has 0 saturated carbocycles. The Morgan fingerprint density at radius 2 is 1.65 bits per heavy atom. The number of carbonyl (C=O) groups is 1. The third-order valence-electron chi connectivity index (χ3n) is 8.61. The first-order valence-electron chi connectivity index (χ1n) is 15.4. The molecule has 8 heteroatoms. The lowest BCUT2D eigenvalue weighted by atomic mass is 9.89. The molecule has 2 saturated heterocycles. The number of anilines is 1. The number of hydrogen-bond donors (Lipinski definition) is 2. The fourth-order valence-electron chi connectivity index (χ4n) is 6.10. The molecule has 0 radical (unpaired) electrons. The van der Waals surface area contributed by atoms with E-state index in [0.717, 1.165) is 41.8 Å². The Morgan fingerprint density at radius 1 is 0.907 bits per heavy atom. The number of para-hydroxylation sites is 2. The molecule has 224 valence electrons. The number of rotatable bonds is 7. The summed E-state index contributed by atoms with van der Waals surface area (Å²) in [6, 6.07) is 23.1. The zero-order chi connectivity index (χ0) is 29.6. The summed E-state index contributed by atoms with van der Waals surface area (Å²) in [5, 5.41) is 12.5. The minimum Gasteiger partial charge on any atom is -0.392 e. The molecule has 1 aromatic heterocycles. The monoisotopic (exact) mass is 580 g/mol. The van der Waals surface area contributed by atoms with Gasteiger partial charge in [0.25, 0.3) is 5.91 Å². The smallest absolute Gasteiger partial charge is 0.275 e. The molecule has 2 fully saturated rings. The molecule has 4 atom stereocenters. The minimum atomic E-state index is -0.601. The van der Waals surface area contributed by atoms with E-state index >= 15 is 0 Å². The molecule has 0 spiro atoms. The molecule has 2 N–H and O–H groups in total. The largest absolute Gasteiger partial charge is 0.392 e. The Bertz CT molecular complexity index is 1520. The SMILES string of the molecule is C[C@H]1[C@@H](CN2CCCCCCC2)O[C@@H](c2cccc(NC(=O)c3cnc4ccccc4n3)c2)O[C@H]1c1ccc(CO)cc1. The van der Waals surface area contributed by atoms with Crippen LogP contribution in [0.3, 0.4) is 0 Å². The van der Waals surface area contributed by atoms with E-state index < -0.39 is 6.29 Å². The van der Waals surface area contributed by atoms with Gasteiger partial charge in [-0.05, 0) is 61.3 Å². The average Bonchev–Trinajstić information content (AvgIpc) is 3.03. The van der Waals surface area contributed by atoms with Crippen LogP contribution < -0.4 is 5.32 Å². The van der Waals surface area contributed by atoms with Crippen molar-refractivity contribution in [3.8, 4) is 0 Å². The van der Waals surface area contributed by atoms with Crippen LogP contribution in [0.15, 0.2) is 79.0 Å². The highest BCUT2D eigenvalue weighted by Crippen LogP contribution is 2.42. The molecule has 6 rings (SSSR count). The van der Waals surface area contributed by atoms with E-state index in [0.29, 0.717) is 11.2 Å². The summed E-state index contributed by atoms with van der Waals surface area (Å²) < 4.78 is 13.4. The lowest BCUT2D eigenvalue weighted by Crippen LogP contribution is -2.45. The van der Waals surface area contributed by atoms with Crippen molar-refractivity contribution in [3.05, 3.63) is 101 Å². The van der Waals surface area contributed by atoms with Gasteiger partial charge in [-0.2, -0.15) is 0 Å². The van der Waals surface area contributed by atoms with E-state index in [2.05, 4.69) is 27.1 Å². The van der Waals surface area contributed by atoms with Gasteiger partial charge in [-0.3, -0.25) is 9.78 Å². The molecule has 8 nitrogen and oxygen atoms in total. The van der Waals surface area contributed by atoms with E-state index in [1.165, 1.54) is 38.3 Å². The van der Waals surface area contributed by atoms with E-state index in [1.54, 1.807) is 0 Å². The highest BCUT2D eigenvalue weighted by Gasteiger charge is 2.39. The summed E-state index contributed by atoms with van der Waals surface area (Å²) >= 11 is 0. The van der Waals surface area contributed by atoms with Gasteiger partial charge in [-0.15, -0.1) is 0 Å². The van der Waals surface area contributed by atoms with Crippen molar-refractivity contribution in [2.75, 3.05) is 25.0 Å². The molecule has 43 heavy (non-hydrogen) atoms. The van der Waals surface area contributed by atoms with Gasteiger partial charge in [-0.25, -0.2) is 4.98 Å². The second-order valence-electron chi connectivity index (χ2n) is 11.7. The van der Waals surface area contributed by atoms with Crippen LogP contribution >= 0.6 is 0 Å². The second-order valence-corrected chi connectivity index (χ2v) is 11.7. The number of amides is 1. The zero-order valence-corrected chi connectivity index (χ0v) is 24.7. The first-order valence-corrected chi connectivity index (χ1v) is 15.4. The second kappa shape index (κ2) is 13.7.